The van der Waals surface area contributed by atoms with Crippen LogP contribution in [0.3, 0.4) is 0 Å². The lowest BCUT2D eigenvalue weighted by molar-refractivity contribution is -0.144. The van der Waals surface area contributed by atoms with Gasteiger partial charge in [0, 0.05) is 86.1 Å². The van der Waals surface area contributed by atoms with Gasteiger partial charge in [-0.05, 0) is 106 Å². The number of carbonyl (C=O) groups excluding carboxylic acids is 6. The average molecular weight is 1070 g/mol. The number of halogens is 1. The molecule has 2 aromatic rings. The Morgan fingerprint density at radius 2 is 1.03 bits per heavy atom. The summed E-state index contributed by atoms with van der Waals surface area (Å²) in [6.45, 7) is 12.7. The summed E-state index contributed by atoms with van der Waals surface area (Å²) in [7, 11) is 2.60. The van der Waals surface area contributed by atoms with Crippen LogP contribution in [0.4, 0.5) is 21.0 Å². The van der Waals surface area contributed by atoms with Crippen molar-refractivity contribution in [2.24, 2.45) is 0 Å². The molecule has 0 bridgehead atoms. The van der Waals surface area contributed by atoms with E-state index in [0.717, 1.165) is 56.9 Å². The maximum Gasteiger partial charge on any atom is 0.406 e. The third-order valence-corrected chi connectivity index (χ3v) is 15.6. The molecule has 4 aliphatic heterocycles. The molecule has 6 amide bonds. The molecule has 2 aliphatic carbocycles. The molecule has 2 saturated heterocycles. The molecule has 2 N–H and O–H groups in total. The van der Waals surface area contributed by atoms with Crippen molar-refractivity contribution in [2.75, 3.05) is 76.6 Å². The number of hydrogen-bond donors (Lipinski definition) is 2. The topological polar surface area (TPSA) is 195 Å². The van der Waals surface area contributed by atoms with E-state index in [1.54, 1.807) is 28.0 Å². The number of nitrogens with zero attached hydrogens (tertiary/aromatic N) is 4. The SMILES string of the molecule is COC(=O)NCCN1C(=O)C2(CCOCC2)Oc2cc(Br)c(C(=O)N(C(C)C)C3CCCCC3)cc21.COC(=O)NCCN1C(=O)C2(CCOCC2)Oc2cc(C)c(C(=O)N(C(C)C)C3CCCCC3)cc21. The zero-order valence-corrected chi connectivity index (χ0v) is 44.8. The number of ether oxygens (including phenoxy) is 6. The Bertz CT molecular complexity index is 2130. The van der Waals surface area contributed by atoms with Gasteiger partial charge in [-0.2, -0.15) is 0 Å². The summed E-state index contributed by atoms with van der Waals surface area (Å²) in [4.78, 5) is 85.8. The minimum Gasteiger partial charge on any atom is -0.475 e. The summed E-state index contributed by atoms with van der Waals surface area (Å²) >= 11 is 3.62. The normalized spacial score (nSPS) is 19.6. The number of hydrogen-bond acceptors (Lipinski definition) is 12. The van der Waals surface area contributed by atoms with Crippen LogP contribution in [0.15, 0.2) is 28.7 Å². The van der Waals surface area contributed by atoms with E-state index in [4.69, 9.17) is 18.9 Å². The number of rotatable bonds is 12. The number of amides is 6. The predicted octanol–water partition coefficient (Wildman–Crippen LogP) is 8.07. The summed E-state index contributed by atoms with van der Waals surface area (Å²) in [6, 6.07) is 7.78. The molecule has 2 spiro atoms. The fraction of sp³-hybridized carbons (Fsp3) is 0.660. The Morgan fingerprint density at radius 1 is 0.639 bits per heavy atom. The van der Waals surface area contributed by atoms with Crippen LogP contribution >= 0.6 is 15.9 Å². The summed E-state index contributed by atoms with van der Waals surface area (Å²) < 4.78 is 33.7. The third-order valence-electron chi connectivity index (χ3n) is 15.0. The number of aryl methyl sites for hydroxylation is 1. The maximum atomic E-state index is 13.9. The summed E-state index contributed by atoms with van der Waals surface area (Å²) in [5.41, 5.74) is 0.974. The second-order valence-electron chi connectivity index (χ2n) is 20.3. The second-order valence-corrected chi connectivity index (χ2v) is 21.2. The quantitative estimate of drug-likeness (QED) is 0.208. The van der Waals surface area contributed by atoms with Crippen molar-refractivity contribution in [1.82, 2.24) is 20.4 Å². The molecule has 396 valence electrons. The lowest BCUT2D eigenvalue weighted by Crippen LogP contribution is -2.59. The van der Waals surface area contributed by atoms with Gasteiger partial charge in [-0.3, -0.25) is 19.2 Å². The zero-order valence-electron chi connectivity index (χ0n) is 43.2. The highest BCUT2D eigenvalue weighted by atomic mass is 79.9. The molecule has 4 fully saturated rings. The van der Waals surface area contributed by atoms with Gasteiger partial charge in [-0.15, -0.1) is 0 Å². The molecule has 0 radical (unpaired) electrons. The zero-order chi connectivity index (χ0) is 51.7. The standard InChI is InChI=1S/C27H39N3O6.C26H36BrN3O6/c1-18(2)30(20-8-6-5-7-9-20)24(31)21-17-22-23(16-19(21)3)36-27(10-14-35-15-11-27)25(32)29(22)13-12-28-26(33)34-4;1-17(2)30(18-7-5-4-6-8-18)23(31)19-15-21-22(16-20(19)27)36-26(9-13-35-14-10-26)24(32)29(21)12-11-28-25(33)34-3/h16-18,20H,5-15H2,1-4H3,(H,28,33);15-18H,4-14H2,1-3H3,(H,28,33). The highest BCUT2D eigenvalue weighted by Gasteiger charge is 2.51. The van der Waals surface area contributed by atoms with E-state index in [1.165, 1.54) is 27.1 Å². The van der Waals surface area contributed by atoms with Crippen molar-refractivity contribution in [2.45, 2.75) is 160 Å². The van der Waals surface area contributed by atoms with Gasteiger partial charge >= 0.3 is 12.2 Å². The van der Waals surface area contributed by atoms with Crippen LogP contribution in [0.2, 0.25) is 0 Å². The van der Waals surface area contributed by atoms with Crippen molar-refractivity contribution in [3.8, 4) is 11.5 Å². The molecule has 19 heteroatoms. The number of carbonyl (C=O) groups is 6. The first-order valence-corrected chi connectivity index (χ1v) is 26.8. The molecule has 2 saturated carbocycles. The Hall–Kier alpha value is -5.14. The molecule has 18 nitrogen and oxygen atoms in total. The van der Waals surface area contributed by atoms with Crippen LogP contribution in [0, 0.1) is 6.92 Å². The Morgan fingerprint density at radius 3 is 1.43 bits per heavy atom. The van der Waals surface area contributed by atoms with Crippen molar-refractivity contribution in [3.63, 3.8) is 0 Å². The van der Waals surface area contributed by atoms with E-state index < -0.39 is 23.4 Å². The van der Waals surface area contributed by atoms with Gasteiger partial charge in [0.1, 0.15) is 11.5 Å². The predicted molar refractivity (Wildman–Crippen MR) is 274 cm³/mol. The molecule has 6 aliphatic rings. The van der Waals surface area contributed by atoms with E-state index >= 15 is 0 Å². The Labute approximate surface area is 432 Å². The first-order chi connectivity index (χ1) is 34.5. The second kappa shape index (κ2) is 24.3. The van der Waals surface area contributed by atoms with Crippen LogP contribution in [0.5, 0.6) is 11.5 Å². The molecule has 4 heterocycles. The third kappa shape index (κ3) is 11.9. The first-order valence-electron chi connectivity index (χ1n) is 26.0. The molecule has 2 aromatic carbocycles. The number of fused-ring (bicyclic) bond motifs is 2. The number of alkyl carbamates (subject to hydrolysis) is 2. The molecular formula is C53H75BrN6O12. The van der Waals surface area contributed by atoms with E-state index in [9.17, 15) is 28.8 Å². The lowest BCUT2D eigenvalue weighted by atomic mass is 9.89. The number of nitrogens with one attached hydrogen (secondary N) is 2. The van der Waals surface area contributed by atoms with Crippen LogP contribution < -0.4 is 29.9 Å². The highest BCUT2D eigenvalue weighted by Crippen LogP contribution is 2.46. The number of anilines is 2. The van der Waals surface area contributed by atoms with Gasteiger partial charge in [-0.25, -0.2) is 9.59 Å². The minimum atomic E-state index is -1.02. The monoisotopic (exact) mass is 1070 g/mol. The lowest BCUT2D eigenvalue weighted by Gasteiger charge is -2.44. The molecular weight excluding hydrogens is 993 g/mol. The van der Waals surface area contributed by atoms with Gasteiger partial charge in [0.25, 0.3) is 23.6 Å². The first kappa shape index (κ1) is 54.6. The van der Waals surface area contributed by atoms with Crippen molar-refractivity contribution >= 4 is 63.1 Å². The van der Waals surface area contributed by atoms with E-state index in [0.29, 0.717) is 90.6 Å². The van der Waals surface area contributed by atoms with Crippen LogP contribution in [0.25, 0.3) is 0 Å². The smallest absolute Gasteiger partial charge is 0.406 e. The molecule has 0 unspecified atom stereocenters. The van der Waals surface area contributed by atoms with E-state index in [-0.39, 0.29) is 74.0 Å². The van der Waals surface area contributed by atoms with Crippen molar-refractivity contribution < 1.29 is 57.2 Å². The Kier molecular flexibility index (Phi) is 18.4. The summed E-state index contributed by atoms with van der Waals surface area (Å²) in [5.74, 6) is 0.699. The molecule has 8 rings (SSSR count). The largest absolute Gasteiger partial charge is 0.475 e. The fourth-order valence-electron chi connectivity index (χ4n) is 11.2. The van der Waals surface area contributed by atoms with Gasteiger partial charge in [-0.1, -0.05) is 38.5 Å². The maximum absolute atomic E-state index is 13.9. The summed E-state index contributed by atoms with van der Waals surface area (Å²) in [5, 5.41) is 5.29. The van der Waals surface area contributed by atoms with Gasteiger partial charge in [0.15, 0.2) is 11.2 Å². The summed E-state index contributed by atoms with van der Waals surface area (Å²) in [6.07, 6.45) is 11.7. The fourth-order valence-corrected chi connectivity index (χ4v) is 11.7. The number of methoxy groups -OCH3 is 2. The Balaban J connectivity index is 0.000000211. The van der Waals surface area contributed by atoms with E-state index in [2.05, 4.69) is 49.9 Å². The van der Waals surface area contributed by atoms with Crippen molar-refractivity contribution in [1.29, 1.82) is 0 Å². The van der Waals surface area contributed by atoms with Crippen molar-refractivity contribution in [3.05, 3.63) is 45.4 Å². The van der Waals surface area contributed by atoms with Gasteiger partial charge in [0.2, 0.25) is 0 Å². The molecule has 0 atom stereocenters. The number of benzene rings is 2. The molecule has 72 heavy (non-hydrogen) atoms. The van der Waals surface area contributed by atoms with E-state index in [1.807, 2.05) is 36.6 Å². The van der Waals surface area contributed by atoms with Gasteiger partial charge < -0.3 is 58.7 Å². The molecule has 0 aromatic heterocycles. The van der Waals surface area contributed by atoms with Gasteiger partial charge in [0.05, 0.1) is 57.6 Å². The van der Waals surface area contributed by atoms with Crippen LogP contribution in [0.1, 0.15) is 144 Å². The average Bonchev–Trinajstić information content (AvgIpc) is 3.37. The van der Waals surface area contributed by atoms with Crippen LogP contribution in [-0.4, -0.2) is 148 Å². The van der Waals surface area contributed by atoms with Crippen LogP contribution in [-0.2, 0) is 28.5 Å². The minimum absolute atomic E-state index is 0.0105. The highest BCUT2D eigenvalue weighted by molar-refractivity contribution is 9.10.